The monoisotopic (exact) mass is 294 g/mol. The molecule has 0 fully saturated rings. The van der Waals surface area contributed by atoms with Gasteiger partial charge in [0.2, 0.25) is 0 Å². The Morgan fingerprint density at radius 1 is 0.947 bits per heavy atom. The van der Waals surface area contributed by atoms with Crippen LogP contribution in [0.4, 0.5) is 0 Å². The molecule has 0 aliphatic rings. The minimum absolute atomic E-state index is 0.629. The van der Waals surface area contributed by atoms with Gasteiger partial charge >= 0.3 is 13.8 Å². The average molecular weight is 294 g/mol. The first-order chi connectivity index (χ1) is 8.89. The predicted molar refractivity (Wildman–Crippen MR) is 68.4 cm³/mol. The summed E-state index contributed by atoms with van der Waals surface area (Å²) in [6.07, 6.45) is 8.46. The summed E-state index contributed by atoms with van der Waals surface area (Å²) in [4.78, 5) is 17.5. The van der Waals surface area contributed by atoms with Gasteiger partial charge in [-0.2, -0.15) is 0 Å². The van der Waals surface area contributed by atoms with Gasteiger partial charge in [0.25, 0.3) is 0 Å². The Bertz CT molecular complexity index is 333. The van der Waals surface area contributed by atoms with Crippen LogP contribution in [-0.2, 0) is 23.3 Å². The number of hydrogen-bond acceptors (Lipinski definition) is 5. The van der Waals surface area contributed by atoms with Crippen molar-refractivity contribution in [1.29, 1.82) is 0 Å². The molecule has 0 unspecified atom stereocenters. The molecular formula is C11H19O7P. The van der Waals surface area contributed by atoms with Crippen LogP contribution >= 0.6 is 7.82 Å². The lowest BCUT2D eigenvalue weighted by Gasteiger charge is -2.29. The molecule has 110 valence electrons. The molecule has 0 aliphatic carbocycles. The van der Waals surface area contributed by atoms with E-state index in [2.05, 4.69) is 4.52 Å². The summed E-state index contributed by atoms with van der Waals surface area (Å²) in [5, 5.41) is 0. The zero-order valence-electron chi connectivity index (χ0n) is 11.1. The van der Waals surface area contributed by atoms with E-state index in [1.807, 2.05) is 0 Å². The Hall–Kier alpha value is -1.27. The lowest BCUT2D eigenvalue weighted by molar-refractivity contribution is -0.329. The number of rotatable bonds is 9. The molecular weight excluding hydrogens is 275 g/mol. The van der Waals surface area contributed by atoms with Gasteiger partial charge in [-0.15, -0.1) is 0 Å². The van der Waals surface area contributed by atoms with Gasteiger partial charge in [0.15, 0.2) is 6.61 Å². The Kier molecular flexibility index (Phi) is 8.18. The van der Waals surface area contributed by atoms with E-state index in [4.69, 9.17) is 24.0 Å². The molecule has 0 aromatic rings. The number of ether oxygens (including phenoxy) is 3. The quantitative estimate of drug-likeness (QED) is 0.383. The van der Waals surface area contributed by atoms with E-state index in [9.17, 15) is 4.57 Å². The maximum absolute atomic E-state index is 10.8. The van der Waals surface area contributed by atoms with E-state index in [0.717, 1.165) is 0 Å². The topological polar surface area (TPSA) is 94.5 Å². The lowest BCUT2D eigenvalue weighted by Crippen LogP contribution is -2.39. The molecule has 0 saturated carbocycles. The largest absolute Gasteiger partial charge is 0.470 e. The fourth-order valence-corrected chi connectivity index (χ4v) is 1.19. The molecule has 0 rings (SSSR count). The van der Waals surface area contributed by atoms with Crippen molar-refractivity contribution in [2.75, 3.05) is 6.61 Å². The van der Waals surface area contributed by atoms with Crippen LogP contribution in [0.1, 0.15) is 20.8 Å². The van der Waals surface area contributed by atoms with Crippen molar-refractivity contribution in [2.45, 2.75) is 26.7 Å². The van der Waals surface area contributed by atoms with Gasteiger partial charge in [0, 0.05) is 0 Å². The van der Waals surface area contributed by atoms with Crippen molar-refractivity contribution in [1.82, 2.24) is 0 Å². The molecule has 2 N–H and O–H groups in total. The summed E-state index contributed by atoms with van der Waals surface area (Å²) >= 11 is 0. The fourth-order valence-electron chi connectivity index (χ4n) is 0.864. The first-order valence-corrected chi connectivity index (χ1v) is 6.99. The SMILES string of the molecule is CC=COC(COP(=O)(O)O)(OC=CC)OC=CC. The van der Waals surface area contributed by atoms with Crippen molar-refractivity contribution in [3.05, 3.63) is 37.0 Å². The van der Waals surface area contributed by atoms with Gasteiger partial charge in [-0.05, 0) is 20.8 Å². The van der Waals surface area contributed by atoms with Gasteiger partial charge in [-0.3, -0.25) is 4.52 Å². The molecule has 0 atom stereocenters. The second kappa shape index (κ2) is 8.77. The molecule has 8 heteroatoms. The molecule has 0 amide bonds. The van der Waals surface area contributed by atoms with Crippen LogP contribution < -0.4 is 0 Å². The summed E-state index contributed by atoms with van der Waals surface area (Å²) in [5.41, 5.74) is 0. The summed E-state index contributed by atoms with van der Waals surface area (Å²) in [7, 11) is -4.67. The molecule has 0 spiro atoms. The van der Waals surface area contributed by atoms with E-state index < -0.39 is 20.4 Å². The van der Waals surface area contributed by atoms with E-state index in [-0.39, 0.29) is 0 Å². The van der Waals surface area contributed by atoms with Crippen LogP contribution in [0.25, 0.3) is 0 Å². The normalized spacial score (nSPS) is 16.1. The molecule has 0 radical (unpaired) electrons. The highest BCUT2D eigenvalue weighted by molar-refractivity contribution is 7.46. The third kappa shape index (κ3) is 8.45. The minimum Gasteiger partial charge on any atom is -0.427 e. The summed E-state index contributed by atoms with van der Waals surface area (Å²) in [6, 6.07) is 0. The minimum atomic E-state index is -4.67. The number of allylic oxidation sites excluding steroid dienone is 3. The van der Waals surface area contributed by atoms with Crippen LogP contribution in [-0.4, -0.2) is 22.4 Å². The van der Waals surface area contributed by atoms with Gasteiger partial charge in [0.1, 0.15) is 0 Å². The van der Waals surface area contributed by atoms with Gasteiger partial charge in [-0.25, -0.2) is 4.57 Å². The standard InChI is InChI=1S/C11H19O7P/c1-4-7-15-11(16-8-5-2,17-9-6-3)10-18-19(12,13)14/h4-9H,10H2,1-3H3,(H2,12,13,14). The van der Waals surface area contributed by atoms with E-state index in [0.29, 0.717) is 0 Å². The molecule has 19 heavy (non-hydrogen) atoms. The van der Waals surface area contributed by atoms with Crippen LogP contribution in [0.5, 0.6) is 0 Å². The third-order valence-electron chi connectivity index (χ3n) is 1.56. The lowest BCUT2D eigenvalue weighted by atomic mass is 10.5. The molecule has 0 heterocycles. The zero-order valence-corrected chi connectivity index (χ0v) is 11.9. The van der Waals surface area contributed by atoms with Gasteiger partial charge in [-0.1, -0.05) is 18.2 Å². The summed E-state index contributed by atoms with van der Waals surface area (Å²) < 4.78 is 30.7. The van der Waals surface area contributed by atoms with Crippen molar-refractivity contribution >= 4 is 7.82 Å². The third-order valence-corrected chi connectivity index (χ3v) is 2.03. The second-order valence-corrected chi connectivity index (χ2v) is 4.45. The van der Waals surface area contributed by atoms with Crippen molar-refractivity contribution < 1.29 is 33.1 Å². The Labute approximate surface area is 112 Å². The molecule has 0 aromatic carbocycles. The van der Waals surface area contributed by atoms with E-state index >= 15 is 0 Å². The zero-order chi connectivity index (χ0) is 14.8. The number of hydrogen-bond donors (Lipinski definition) is 2. The van der Waals surface area contributed by atoms with Crippen LogP contribution in [0.2, 0.25) is 0 Å². The van der Waals surface area contributed by atoms with Crippen molar-refractivity contribution in [3.8, 4) is 0 Å². The Morgan fingerprint density at radius 2 is 1.32 bits per heavy atom. The highest BCUT2D eigenvalue weighted by Crippen LogP contribution is 2.37. The highest BCUT2D eigenvalue weighted by atomic mass is 31.2. The first kappa shape index (κ1) is 17.7. The highest BCUT2D eigenvalue weighted by Gasteiger charge is 2.38. The molecule has 0 aliphatic heterocycles. The molecule has 7 nitrogen and oxygen atoms in total. The second-order valence-electron chi connectivity index (χ2n) is 3.21. The molecule has 0 aromatic heterocycles. The Balaban J connectivity index is 5.02. The maximum atomic E-state index is 10.8. The van der Waals surface area contributed by atoms with Gasteiger partial charge in [0.05, 0.1) is 18.8 Å². The predicted octanol–water partition coefficient (Wildman–Crippen LogP) is 2.40. The van der Waals surface area contributed by atoms with Gasteiger partial charge < -0.3 is 24.0 Å². The smallest absolute Gasteiger partial charge is 0.427 e. The van der Waals surface area contributed by atoms with Crippen LogP contribution in [0.3, 0.4) is 0 Å². The van der Waals surface area contributed by atoms with Crippen LogP contribution in [0, 0.1) is 0 Å². The van der Waals surface area contributed by atoms with Crippen molar-refractivity contribution in [2.24, 2.45) is 0 Å². The first-order valence-electron chi connectivity index (χ1n) is 5.46. The fraction of sp³-hybridized carbons (Fsp3) is 0.455. The number of phosphoric ester groups is 1. The summed E-state index contributed by atoms with van der Waals surface area (Å²) in [6.45, 7) is 4.45. The average Bonchev–Trinajstić information content (AvgIpc) is 2.36. The number of phosphoric acid groups is 1. The van der Waals surface area contributed by atoms with E-state index in [1.165, 1.54) is 18.8 Å². The summed E-state index contributed by atoms with van der Waals surface area (Å²) in [5.74, 6) is -1.81. The Morgan fingerprint density at radius 3 is 1.58 bits per heavy atom. The maximum Gasteiger partial charge on any atom is 0.470 e. The van der Waals surface area contributed by atoms with E-state index in [1.54, 1.807) is 39.0 Å². The van der Waals surface area contributed by atoms with Crippen LogP contribution in [0.15, 0.2) is 37.0 Å². The molecule has 0 bridgehead atoms. The van der Waals surface area contributed by atoms with Crippen molar-refractivity contribution in [3.63, 3.8) is 0 Å². The molecule has 0 saturated heterocycles.